The van der Waals surface area contributed by atoms with Crippen LogP contribution in [0.5, 0.6) is 0 Å². The Bertz CT molecular complexity index is 564. The second-order valence-electron chi connectivity index (χ2n) is 4.98. The van der Waals surface area contributed by atoms with Gasteiger partial charge in [0.25, 0.3) is 0 Å². The van der Waals surface area contributed by atoms with Gasteiger partial charge in [-0.05, 0) is 61.5 Å². The van der Waals surface area contributed by atoms with Crippen molar-refractivity contribution >= 4 is 11.8 Å². The van der Waals surface area contributed by atoms with Crippen LogP contribution in [0.15, 0.2) is 47.4 Å². The average molecular weight is 307 g/mol. The third kappa shape index (κ3) is 4.83. The van der Waals surface area contributed by atoms with Gasteiger partial charge in [0.05, 0.1) is 0 Å². The minimum Gasteiger partial charge on any atom is -0.310 e. The molecule has 1 N–H and O–H groups in total. The van der Waals surface area contributed by atoms with Gasteiger partial charge < -0.3 is 5.32 Å². The van der Waals surface area contributed by atoms with E-state index in [1.54, 1.807) is 11.8 Å². The molecule has 0 aliphatic heterocycles. The summed E-state index contributed by atoms with van der Waals surface area (Å²) in [5.41, 5.74) is 1.88. The Morgan fingerprint density at radius 2 is 1.67 bits per heavy atom. The van der Waals surface area contributed by atoms with Gasteiger partial charge in [-0.25, -0.2) is 8.78 Å². The molecule has 2 aromatic rings. The van der Waals surface area contributed by atoms with Crippen LogP contribution in [0.25, 0.3) is 0 Å². The molecule has 0 aliphatic rings. The molecule has 4 heteroatoms. The van der Waals surface area contributed by atoms with Gasteiger partial charge in [0, 0.05) is 17.0 Å². The minimum atomic E-state index is -0.522. The Balaban J connectivity index is 1.87. The van der Waals surface area contributed by atoms with Gasteiger partial charge in [-0.15, -0.1) is 11.8 Å². The summed E-state index contributed by atoms with van der Waals surface area (Å²) < 4.78 is 26.2. The summed E-state index contributed by atoms with van der Waals surface area (Å²) in [5, 5.41) is 3.37. The maximum absolute atomic E-state index is 13.1. The van der Waals surface area contributed by atoms with E-state index in [4.69, 9.17) is 0 Å². The summed E-state index contributed by atoms with van der Waals surface area (Å²) in [6.07, 6.45) is 2.65. The zero-order chi connectivity index (χ0) is 15.2. The molecule has 0 amide bonds. The van der Waals surface area contributed by atoms with E-state index in [0.717, 1.165) is 6.07 Å². The van der Waals surface area contributed by atoms with E-state index in [9.17, 15) is 8.78 Å². The highest BCUT2D eigenvalue weighted by molar-refractivity contribution is 7.98. The van der Waals surface area contributed by atoms with Crippen LogP contribution in [0.3, 0.4) is 0 Å². The van der Waals surface area contributed by atoms with Crippen LogP contribution in [0.4, 0.5) is 8.78 Å². The van der Waals surface area contributed by atoms with Crippen LogP contribution < -0.4 is 5.32 Å². The fourth-order valence-electron chi connectivity index (χ4n) is 2.20. The van der Waals surface area contributed by atoms with E-state index in [0.29, 0.717) is 18.5 Å². The zero-order valence-corrected chi connectivity index (χ0v) is 13.0. The Morgan fingerprint density at radius 1 is 1.05 bits per heavy atom. The molecule has 2 aromatic carbocycles. The molecule has 0 bridgehead atoms. The number of rotatable bonds is 6. The molecule has 0 radical (unpaired) electrons. The maximum atomic E-state index is 13.1. The van der Waals surface area contributed by atoms with E-state index in [-0.39, 0.29) is 6.04 Å². The largest absolute Gasteiger partial charge is 0.310 e. The maximum Gasteiger partial charge on any atom is 0.126 e. The fraction of sp³-hybridized carbons (Fsp3) is 0.294. The van der Waals surface area contributed by atoms with Crippen molar-refractivity contribution in [3.63, 3.8) is 0 Å². The standard InChI is InChI=1S/C17H19F2NS/c1-12(14-3-5-17(21-2)6-4-14)20-8-7-13-9-15(18)11-16(19)10-13/h3-6,9-12,20H,7-8H2,1-2H3. The van der Waals surface area contributed by atoms with Gasteiger partial charge in [0.2, 0.25) is 0 Å². The number of hydrogen-bond acceptors (Lipinski definition) is 2. The Labute approximate surface area is 128 Å². The predicted molar refractivity (Wildman–Crippen MR) is 84.7 cm³/mol. The Kier molecular flexibility index (Phi) is 5.76. The molecule has 1 nitrogen and oxygen atoms in total. The van der Waals surface area contributed by atoms with Crippen molar-refractivity contribution in [3.05, 3.63) is 65.2 Å². The number of halogens is 2. The fourth-order valence-corrected chi connectivity index (χ4v) is 2.61. The molecule has 0 saturated heterocycles. The summed E-state index contributed by atoms with van der Waals surface area (Å²) in [6.45, 7) is 2.76. The molecule has 0 fully saturated rings. The SMILES string of the molecule is CSc1ccc(C(C)NCCc2cc(F)cc(F)c2)cc1. The lowest BCUT2D eigenvalue weighted by Crippen LogP contribution is -2.21. The molecule has 1 unspecified atom stereocenters. The molecule has 0 spiro atoms. The van der Waals surface area contributed by atoms with Crippen molar-refractivity contribution in [1.29, 1.82) is 0 Å². The van der Waals surface area contributed by atoms with E-state index < -0.39 is 11.6 Å². The van der Waals surface area contributed by atoms with Crippen molar-refractivity contribution in [2.45, 2.75) is 24.3 Å². The molecule has 0 heterocycles. The second kappa shape index (κ2) is 7.57. The van der Waals surface area contributed by atoms with Crippen LogP contribution in [0, 0.1) is 11.6 Å². The van der Waals surface area contributed by atoms with Gasteiger partial charge >= 0.3 is 0 Å². The van der Waals surface area contributed by atoms with Crippen molar-refractivity contribution in [1.82, 2.24) is 5.32 Å². The second-order valence-corrected chi connectivity index (χ2v) is 5.86. The smallest absolute Gasteiger partial charge is 0.126 e. The summed E-state index contributed by atoms with van der Waals surface area (Å²) >= 11 is 1.72. The molecular formula is C17H19F2NS. The molecular weight excluding hydrogens is 288 g/mol. The van der Waals surface area contributed by atoms with Crippen LogP contribution in [-0.4, -0.2) is 12.8 Å². The first-order chi connectivity index (χ1) is 10.1. The summed E-state index contributed by atoms with van der Waals surface area (Å²) in [6, 6.07) is 12.3. The van der Waals surface area contributed by atoms with Gasteiger partial charge in [-0.3, -0.25) is 0 Å². The van der Waals surface area contributed by atoms with Gasteiger partial charge in [-0.1, -0.05) is 12.1 Å². The van der Waals surface area contributed by atoms with Crippen molar-refractivity contribution in [2.75, 3.05) is 12.8 Å². The summed E-state index contributed by atoms with van der Waals surface area (Å²) in [5.74, 6) is -1.04. The van der Waals surface area contributed by atoms with Crippen molar-refractivity contribution < 1.29 is 8.78 Å². The van der Waals surface area contributed by atoms with Crippen molar-refractivity contribution in [3.8, 4) is 0 Å². The van der Waals surface area contributed by atoms with E-state index in [1.807, 2.05) is 0 Å². The predicted octanol–water partition coefficient (Wildman–Crippen LogP) is 4.58. The molecule has 0 aromatic heterocycles. The summed E-state index contributed by atoms with van der Waals surface area (Å²) in [4.78, 5) is 1.24. The third-order valence-electron chi connectivity index (χ3n) is 3.40. The lowest BCUT2D eigenvalue weighted by Gasteiger charge is -2.14. The van der Waals surface area contributed by atoms with Crippen LogP contribution in [0.1, 0.15) is 24.1 Å². The van der Waals surface area contributed by atoms with Crippen molar-refractivity contribution in [2.24, 2.45) is 0 Å². The zero-order valence-electron chi connectivity index (χ0n) is 12.2. The minimum absolute atomic E-state index is 0.208. The van der Waals surface area contributed by atoms with E-state index in [2.05, 4.69) is 42.8 Å². The Hall–Kier alpha value is -1.39. The lowest BCUT2D eigenvalue weighted by atomic mass is 10.1. The van der Waals surface area contributed by atoms with Gasteiger partial charge in [0.1, 0.15) is 11.6 Å². The molecule has 0 saturated carbocycles. The highest BCUT2D eigenvalue weighted by Crippen LogP contribution is 2.19. The third-order valence-corrected chi connectivity index (χ3v) is 4.15. The van der Waals surface area contributed by atoms with E-state index >= 15 is 0 Å². The van der Waals surface area contributed by atoms with Gasteiger partial charge in [-0.2, -0.15) is 0 Å². The first kappa shape index (κ1) is 16.0. The number of benzene rings is 2. The Morgan fingerprint density at radius 3 is 2.24 bits per heavy atom. The van der Waals surface area contributed by atoms with Crippen LogP contribution in [0.2, 0.25) is 0 Å². The number of hydrogen-bond donors (Lipinski definition) is 1. The first-order valence-electron chi connectivity index (χ1n) is 6.91. The van der Waals surface area contributed by atoms with Gasteiger partial charge in [0.15, 0.2) is 0 Å². The van der Waals surface area contributed by atoms with E-state index in [1.165, 1.54) is 22.6 Å². The monoisotopic (exact) mass is 307 g/mol. The number of nitrogens with one attached hydrogen (secondary N) is 1. The summed E-state index contributed by atoms with van der Waals surface area (Å²) in [7, 11) is 0. The quantitative estimate of drug-likeness (QED) is 0.784. The van der Waals surface area contributed by atoms with Crippen LogP contribution >= 0.6 is 11.8 Å². The highest BCUT2D eigenvalue weighted by Gasteiger charge is 2.05. The molecule has 1 atom stereocenters. The van der Waals surface area contributed by atoms with Crippen LogP contribution in [-0.2, 0) is 6.42 Å². The highest BCUT2D eigenvalue weighted by atomic mass is 32.2. The molecule has 0 aliphatic carbocycles. The molecule has 2 rings (SSSR count). The molecule has 21 heavy (non-hydrogen) atoms. The topological polar surface area (TPSA) is 12.0 Å². The lowest BCUT2D eigenvalue weighted by molar-refractivity contribution is 0.563. The number of thioether (sulfide) groups is 1. The normalized spacial score (nSPS) is 12.4. The first-order valence-corrected chi connectivity index (χ1v) is 8.13. The molecule has 112 valence electrons. The average Bonchev–Trinajstić information content (AvgIpc) is 2.46.